The van der Waals surface area contributed by atoms with Crippen molar-refractivity contribution in [3.05, 3.63) is 53.1 Å². The van der Waals surface area contributed by atoms with Crippen molar-refractivity contribution in [2.45, 2.75) is 18.5 Å². The number of likely N-dealkylation sites (tertiary alicyclic amines) is 1. The van der Waals surface area contributed by atoms with Crippen LogP contribution in [0.1, 0.15) is 29.0 Å². The number of amides is 1. The van der Waals surface area contributed by atoms with E-state index in [9.17, 15) is 4.79 Å². The van der Waals surface area contributed by atoms with E-state index in [0.717, 1.165) is 0 Å². The monoisotopic (exact) mass is 321 g/mol. The number of aromatic nitrogens is 2. The highest BCUT2D eigenvalue weighted by Gasteiger charge is 2.39. The van der Waals surface area contributed by atoms with Gasteiger partial charge in [-0.25, -0.2) is 4.39 Å². The summed E-state index contributed by atoms with van der Waals surface area (Å²) < 4.78 is 16.7. The summed E-state index contributed by atoms with van der Waals surface area (Å²) in [5, 5.41) is 0.524. The molecule has 0 N–H and O–H groups in total. The van der Waals surface area contributed by atoms with Gasteiger partial charge in [0.05, 0.1) is 10.7 Å². The molecule has 0 bridgehead atoms. The number of alkyl halides is 1. The second kappa shape index (κ2) is 5.72. The minimum atomic E-state index is -1.45. The average Bonchev–Trinajstić information content (AvgIpc) is 2.87. The Morgan fingerprint density at radius 3 is 2.64 bits per heavy atom. The minimum Gasteiger partial charge on any atom is -0.345 e. The summed E-state index contributed by atoms with van der Waals surface area (Å²) in [6.45, 7) is 0.739. The van der Waals surface area contributed by atoms with Crippen molar-refractivity contribution in [2.75, 3.05) is 13.1 Å². The predicted molar refractivity (Wildman–Crippen MR) is 82.6 cm³/mol. The molecule has 0 aromatic carbocycles. The molecule has 3 rings (SSSR count). The summed E-state index contributed by atoms with van der Waals surface area (Å²) in [6.07, 6.45) is 3.80. The van der Waals surface area contributed by atoms with Crippen molar-refractivity contribution < 1.29 is 9.18 Å². The lowest BCUT2D eigenvalue weighted by atomic mass is 9.89. The van der Waals surface area contributed by atoms with Crippen LogP contribution in [-0.4, -0.2) is 33.4 Å². The van der Waals surface area contributed by atoms with Crippen LogP contribution in [0.4, 0.5) is 4.39 Å². The molecule has 2 aromatic heterocycles. The largest absolute Gasteiger partial charge is 0.345 e. The molecule has 0 saturated carbocycles. The van der Waals surface area contributed by atoms with E-state index in [-0.39, 0.29) is 18.7 Å². The van der Waals surface area contributed by atoms with Gasteiger partial charge >= 0.3 is 0 Å². The first kappa shape index (κ1) is 15.0. The number of carbonyl (C=O) groups excluding carboxylic acids is 1. The molecular formula is C16H17ClFN3O. The zero-order chi connectivity index (χ0) is 15.7. The van der Waals surface area contributed by atoms with E-state index in [1.54, 1.807) is 53.2 Å². The molecule has 4 nitrogen and oxygen atoms in total. The van der Waals surface area contributed by atoms with Gasteiger partial charge in [0.1, 0.15) is 5.69 Å². The normalized spacial score (nSPS) is 17.5. The van der Waals surface area contributed by atoms with Gasteiger partial charge in [-0.05, 0) is 18.2 Å². The van der Waals surface area contributed by atoms with E-state index in [4.69, 9.17) is 11.6 Å². The van der Waals surface area contributed by atoms with Crippen LogP contribution in [0, 0.1) is 0 Å². The van der Waals surface area contributed by atoms with Gasteiger partial charge in [-0.2, -0.15) is 0 Å². The number of rotatable bonds is 2. The Bertz CT molecular complexity index is 678. The number of pyridine rings is 1. The topological polar surface area (TPSA) is 38.1 Å². The van der Waals surface area contributed by atoms with Gasteiger partial charge in [0.25, 0.3) is 5.91 Å². The molecule has 1 amide bonds. The summed E-state index contributed by atoms with van der Waals surface area (Å²) in [4.78, 5) is 18.3. The van der Waals surface area contributed by atoms with Gasteiger partial charge in [0.2, 0.25) is 0 Å². The summed E-state index contributed by atoms with van der Waals surface area (Å²) >= 11 is 5.91. The molecule has 1 fully saturated rings. The Morgan fingerprint density at radius 2 is 2.09 bits per heavy atom. The molecule has 3 heterocycles. The maximum Gasteiger partial charge on any atom is 0.270 e. The zero-order valence-corrected chi connectivity index (χ0v) is 13.1. The van der Waals surface area contributed by atoms with Crippen molar-refractivity contribution in [1.29, 1.82) is 0 Å². The molecule has 22 heavy (non-hydrogen) atoms. The third-order valence-corrected chi connectivity index (χ3v) is 4.36. The second-order valence-electron chi connectivity index (χ2n) is 5.63. The van der Waals surface area contributed by atoms with Crippen LogP contribution >= 0.6 is 11.6 Å². The fourth-order valence-corrected chi connectivity index (χ4v) is 3.10. The van der Waals surface area contributed by atoms with Crippen LogP contribution in [0.3, 0.4) is 0 Å². The van der Waals surface area contributed by atoms with Crippen LogP contribution in [-0.2, 0) is 12.7 Å². The molecule has 0 atom stereocenters. The smallest absolute Gasteiger partial charge is 0.270 e. The molecule has 0 unspecified atom stereocenters. The number of hydrogen-bond acceptors (Lipinski definition) is 2. The van der Waals surface area contributed by atoms with Crippen LogP contribution in [0.5, 0.6) is 0 Å². The van der Waals surface area contributed by atoms with Crippen molar-refractivity contribution >= 4 is 17.5 Å². The van der Waals surface area contributed by atoms with E-state index in [1.807, 2.05) is 0 Å². The van der Waals surface area contributed by atoms with E-state index in [2.05, 4.69) is 4.98 Å². The third kappa shape index (κ3) is 2.73. The van der Waals surface area contributed by atoms with Gasteiger partial charge in [0, 0.05) is 45.4 Å². The van der Waals surface area contributed by atoms with Crippen molar-refractivity contribution in [3.63, 3.8) is 0 Å². The molecule has 6 heteroatoms. The maximum atomic E-state index is 15.0. The molecule has 116 valence electrons. The lowest BCUT2D eigenvalue weighted by molar-refractivity contribution is 0.0396. The maximum absolute atomic E-state index is 15.0. The Balaban J connectivity index is 1.72. The molecular weight excluding hydrogens is 305 g/mol. The van der Waals surface area contributed by atoms with Gasteiger partial charge in [0.15, 0.2) is 5.67 Å². The Hall–Kier alpha value is -1.88. The lowest BCUT2D eigenvalue weighted by Gasteiger charge is -2.36. The van der Waals surface area contributed by atoms with Crippen LogP contribution < -0.4 is 0 Å². The predicted octanol–water partition coefficient (Wildman–Crippen LogP) is 3.17. The highest BCUT2D eigenvalue weighted by molar-refractivity contribution is 6.31. The molecule has 2 aromatic rings. The van der Waals surface area contributed by atoms with E-state index in [1.165, 1.54) is 0 Å². The number of aryl methyl sites for hydroxylation is 1. The fraction of sp³-hybridized carbons (Fsp3) is 0.375. The van der Waals surface area contributed by atoms with Crippen LogP contribution in [0.15, 0.2) is 36.7 Å². The number of carbonyl (C=O) groups is 1. The summed E-state index contributed by atoms with van der Waals surface area (Å²) in [5.74, 6) is -0.113. The van der Waals surface area contributed by atoms with Gasteiger partial charge in [-0.1, -0.05) is 17.7 Å². The van der Waals surface area contributed by atoms with Crippen LogP contribution in [0.2, 0.25) is 5.02 Å². The fourth-order valence-electron chi connectivity index (χ4n) is 2.85. The standard InChI is InChI=1S/C16H17ClFN3O/c1-20-11-12(17)10-13(20)15(22)21-8-5-16(18,6-9-21)14-4-2-3-7-19-14/h2-4,7,10-11H,5-6,8-9H2,1H3. The molecule has 1 saturated heterocycles. The van der Waals surface area contributed by atoms with E-state index >= 15 is 4.39 Å². The van der Waals surface area contributed by atoms with Crippen molar-refractivity contribution in [1.82, 2.24) is 14.5 Å². The van der Waals surface area contributed by atoms with E-state index < -0.39 is 5.67 Å². The molecule has 0 aliphatic carbocycles. The summed E-state index contributed by atoms with van der Waals surface area (Å²) in [7, 11) is 1.77. The first-order chi connectivity index (χ1) is 10.5. The minimum absolute atomic E-state index is 0.113. The first-order valence-electron chi connectivity index (χ1n) is 7.21. The van der Waals surface area contributed by atoms with Crippen molar-refractivity contribution in [2.24, 2.45) is 7.05 Å². The third-order valence-electron chi connectivity index (χ3n) is 4.16. The van der Waals surface area contributed by atoms with Crippen LogP contribution in [0.25, 0.3) is 0 Å². The SMILES string of the molecule is Cn1cc(Cl)cc1C(=O)N1CCC(F)(c2ccccn2)CC1. The molecule has 1 aliphatic rings. The number of halogens is 2. The number of piperidine rings is 1. The zero-order valence-electron chi connectivity index (χ0n) is 12.3. The highest BCUT2D eigenvalue weighted by atomic mass is 35.5. The van der Waals surface area contributed by atoms with Gasteiger partial charge < -0.3 is 9.47 Å². The van der Waals surface area contributed by atoms with Gasteiger partial charge in [-0.15, -0.1) is 0 Å². The molecule has 0 radical (unpaired) electrons. The van der Waals surface area contributed by atoms with Crippen molar-refractivity contribution in [3.8, 4) is 0 Å². The Kier molecular flexibility index (Phi) is 3.91. The van der Waals surface area contributed by atoms with E-state index in [0.29, 0.717) is 29.5 Å². The summed E-state index contributed by atoms with van der Waals surface area (Å²) in [5.41, 5.74) is -0.484. The summed E-state index contributed by atoms with van der Waals surface area (Å²) in [6, 6.07) is 6.90. The first-order valence-corrected chi connectivity index (χ1v) is 7.59. The average molecular weight is 322 g/mol. The second-order valence-corrected chi connectivity index (χ2v) is 6.06. The Morgan fingerprint density at radius 1 is 1.36 bits per heavy atom. The highest BCUT2D eigenvalue weighted by Crippen LogP contribution is 2.36. The Labute approximate surface area is 133 Å². The van der Waals surface area contributed by atoms with Gasteiger partial charge in [-0.3, -0.25) is 9.78 Å². The lowest BCUT2D eigenvalue weighted by Crippen LogP contribution is -2.44. The number of hydrogen-bond donors (Lipinski definition) is 0. The molecule has 0 spiro atoms. The molecule has 1 aliphatic heterocycles. The quantitative estimate of drug-likeness (QED) is 0.852. The number of nitrogens with zero attached hydrogens (tertiary/aromatic N) is 3.